The molecule has 3 heterocycles. The van der Waals surface area contributed by atoms with E-state index < -0.39 is 0 Å². The molecule has 1 aromatic carbocycles. The number of fused-ring (bicyclic) bond motifs is 1. The Morgan fingerprint density at radius 3 is 2.88 bits per heavy atom. The second-order valence-corrected chi connectivity index (χ2v) is 9.78. The van der Waals surface area contributed by atoms with Gasteiger partial charge in [0.1, 0.15) is 0 Å². The SMILES string of the molecule is C[C@@H](Cc1ccc2c(c1)OCO2)CN1CCC2(CC1)C[C@H]2C(=O)NCCc1ccccn1. The molecule has 1 saturated heterocycles. The topological polar surface area (TPSA) is 63.7 Å². The van der Waals surface area contributed by atoms with Crippen LogP contribution in [0.1, 0.15) is 37.4 Å². The van der Waals surface area contributed by atoms with E-state index >= 15 is 0 Å². The summed E-state index contributed by atoms with van der Waals surface area (Å²) in [6, 6.07) is 12.2. The van der Waals surface area contributed by atoms with Crippen LogP contribution in [0.5, 0.6) is 11.5 Å². The average Bonchev–Trinajstić information content (AvgIpc) is 3.29. The third-order valence-electron chi connectivity index (χ3n) is 7.36. The van der Waals surface area contributed by atoms with Crippen molar-refractivity contribution in [1.82, 2.24) is 15.2 Å². The molecule has 3 aliphatic rings. The van der Waals surface area contributed by atoms with Gasteiger partial charge in [-0.15, -0.1) is 0 Å². The number of hydrogen-bond acceptors (Lipinski definition) is 5. The monoisotopic (exact) mass is 435 g/mol. The van der Waals surface area contributed by atoms with Crippen LogP contribution in [-0.2, 0) is 17.6 Å². The molecule has 5 rings (SSSR count). The molecule has 1 saturated carbocycles. The van der Waals surface area contributed by atoms with Gasteiger partial charge in [-0.3, -0.25) is 9.78 Å². The Morgan fingerprint density at radius 1 is 1.22 bits per heavy atom. The Bertz CT molecular complexity index is 941. The number of carbonyl (C=O) groups is 1. The molecular weight excluding hydrogens is 402 g/mol. The van der Waals surface area contributed by atoms with E-state index in [2.05, 4.69) is 34.3 Å². The lowest BCUT2D eigenvalue weighted by molar-refractivity contribution is -0.123. The zero-order valence-electron chi connectivity index (χ0n) is 18.9. The van der Waals surface area contributed by atoms with E-state index in [0.717, 1.165) is 68.9 Å². The molecule has 6 heteroatoms. The number of benzene rings is 1. The van der Waals surface area contributed by atoms with E-state index in [0.29, 0.717) is 19.3 Å². The summed E-state index contributed by atoms with van der Waals surface area (Å²) in [4.78, 5) is 19.6. The second kappa shape index (κ2) is 9.10. The Kier molecular flexibility index (Phi) is 6.05. The summed E-state index contributed by atoms with van der Waals surface area (Å²) in [6.07, 6.45) is 6.98. The molecule has 2 fully saturated rings. The van der Waals surface area contributed by atoms with Crippen LogP contribution in [0, 0.1) is 17.3 Å². The van der Waals surface area contributed by atoms with Crippen molar-refractivity contribution < 1.29 is 14.3 Å². The molecule has 1 N–H and O–H groups in total. The van der Waals surface area contributed by atoms with E-state index in [1.165, 1.54) is 5.56 Å². The molecule has 2 aromatic rings. The molecule has 6 nitrogen and oxygen atoms in total. The number of nitrogens with one attached hydrogen (secondary N) is 1. The van der Waals surface area contributed by atoms with Gasteiger partial charge >= 0.3 is 0 Å². The zero-order valence-corrected chi connectivity index (χ0v) is 18.9. The molecule has 170 valence electrons. The van der Waals surface area contributed by atoms with E-state index in [4.69, 9.17) is 9.47 Å². The van der Waals surface area contributed by atoms with Gasteiger partial charge in [-0.25, -0.2) is 0 Å². The number of amides is 1. The molecule has 0 radical (unpaired) electrons. The first-order chi connectivity index (χ1) is 15.6. The van der Waals surface area contributed by atoms with E-state index in [1.54, 1.807) is 6.20 Å². The summed E-state index contributed by atoms with van der Waals surface area (Å²) in [7, 11) is 0. The Hall–Kier alpha value is -2.60. The Balaban J connectivity index is 1.03. The van der Waals surface area contributed by atoms with Gasteiger partial charge in [0.2, 0.25) is 12.7 Å². The number of hydrogen-bond donors (Lipinski definition) is 1. The molecular formula is C26H33N3O3. The highest BCUT2D eigenvalue weighted by molar-refractivity contribution is 5.82. The molecule has 32 heavy (non-hydrogen) atoms. The second-order valence-electron chi connectivity index (χ2n) is 9.78. The van der Waals surface area contributed by atoms with Gasteiger partial charge in [0, 0.05) is 37.3 Å². The summed E-state index contributed by atoms with van der Waals surface area (Å²) in [5, 5.41) is 3.14. The number of pyridine rings is 1. The maximum absolute atomic E-state index is 12.6. The number of piperidine rings is 1. The summed E-state index contributed by atoms with van der Waals surface area (Å²) in [5.74, 6) is 2.74. The molecule has 2 atom stereocenters. The van der Waals surface area contributed by atoms with Gasteiger partial charge in [0.05, 0.1) is 0 Å². The number of nitrogens with zero attached hydrogens (tertiary/aromatic N) is 2. The van der Waals surface area contributed by atoms with Crippen LogP contribution in [0.4, 0.5) is 0 Å². The van der Waals surface area contributed by atoms with E-state index in [9.17, 15) is 4.79 Å². The number of rotatable bonds is 8. The maximum atomic E-state index is 12.6. The van der Waals surface area contributed by atoms with Gasteiger partial charge in [-0.1, -0.05) is 19.1 Å². The van der Waals surface area contributed by atoms with Crippen LogP contribution in [0.15, 0.2) is 42.6 Å². The predicted octanol–water partition coefficient (Wildman–Crippen LogP) is 3.45. The molecule has 1 spiro atoms. The van der Waals surface area contributed by atoms with Crippen LogP contribution in [0.25, 0.3) is 0 Å². The standard InChI is InChI=1S/C26H33N3O3/c1-19(14-20-5-6-23-24(15-20)32-18-31-23)17-29-12-8-26(9-13-29)16-22(26)25(30)28-11-7-21-4-2-3-10-27-21/h2-6,10,15,19,22H,7-9,11-14,16-18H2,1H3,(H,28,30)/t19-,22-/m0/s1. The lowest BCUT2D eigenvalue weighted by atomic mass is 9.89. The first-order valence-electron chi connectivity index (χ1n) is 11.9. The fourth-order valence-electron chi connectivity index (χ4n) is 5.41. The minimum Gasteiger partial charge on any atom is -0.454 e. The van der Waals surface area contributed by atoms with E-state index in [1.807, 2.05) is 24.3 Å². The molecule has 0 unspecified atom stereocenters. The minimum atomic E-state index is 0.208. The molecule has 0 bridgehead atoms. The fraction of sp³-hybridized carbons (Fsp3) is 0.538. The quantitative estimate of drug-likeness (QED) is 0.688. The van der Waals surface area contributed by atoms with Crippen molar-refractivity contribution >= 4 is 5.91 Å². The maximum Gasteiger partial charge on any atom is 0.231 e. The third kappa shape index (κ3) is 4.75. The smallest absolute Gasteiger partial charge is 0.231 e. The number of ether oxygens (including phenoxy) is 2. The fourth-order valence-corrected chi connectivity index (χ4v) is 5.41. The van der Waals surface area contributed by atoms with Crippen LogP contribution in [0.2, 0.25) is 0 Å². The Labute approximate surface area is 190 Å². The van der Waals surface area contributed by atoms with Crippen molar-refractivity contribution in [2.75, 3.05) is 33.0 Å². The first-order valence-corrected chi connectivity index (χ1v) is 11.9. The average molecular weight is 436 g/mol. The molecule has 1 aromatic heterocycles. The third-order valence-corrected chi connectivity index (χ3v) is 7.36. The highest BCUT2D eigenvalue weighted by Gasteiger charge is 2.58. The summed E-state index contributed by atoms with van der Waals surface area (Å²) < 4.78 is 10.9. The van der Waals surface area contributed by atoms with Crippen molar-refractivity contribution in [2.45, 2.75) is 39.0 Å². The number of likely N-dealkylation sites (tertiary alicyclic amines) is 1. The van der Waals surface area contributed by atoms with Crippen LogP contribution < -0.4 is 14.8 Å². The molecule has 1 amide bonds. The first kappa shape index (κ1) is 21.3. The number of aromatic nitrogens is 1. The van der Waals surface area contributed by atoms with Crippen LogP contribution in [0.3, 0.4) is 0 Å². The number of carbonyl (C=O) groups excluding carboxylic acids is 1. The van der Waals surface area contributed by atoms with E-state index in [-0.39, 0.29) is 17.2 Å². The summed E-state index contributed by atoms with van der Waals surface area (Å²) >= 11 is 0. The van der Waals surface area contributed by atoms with Crippen molar-refractivity contribution in [3.63, 3.8) is 0 Å². The lowest BCUT2D eigenvalue weighted by Gasteiger charge is -2.34. The Morgan fingerprint density at radius 2 is 2.06 bits per heavy atom. The van der Waals surface area contributed by atoms with Gasteiger partial charge in [0.15, 0.2) is 11.5 Å². The summed E-state index contributed by atoms with van der Waals surface area (Å²) in [5.41, 5.74) is 2.59. The molecule has 1 aliphatic carbocycles. The van der Waals surface area contributed by atoms with Gasteiger partial charge < -0.3 is 19.7 Å². The predicted molar refractivity (Wildman–Crippen MR) is 123 cm³/mol. The molecule has 2 aliphatic heterocycles. The summed E-state index contributed by atoms with van der Waals surface area (Å²) in [6.45, 7) is 6.63. The van der Waals surface area contributed by atoms with Crippen molar-refractivity contribution in [3.8, 4) is 11.5 Å². The van der Waals surface area contributed by atoms with Crippen LogP contribution in [-0.4, -0.2) is 48.8 Å². The lowest BCUT2D eigenvalue weighted by Crippen LogP contribution is -2.39. The zero-order chi connectivity index (χ0) is 22.0. The van der Waals surface area contributed by atoms with Crippen molar-refractivity contribution in [3.05, 3.63) is 53.9 Å². The minimum absolute atomic E-state index is 0.208. The highest BCUT2D eigenvalue weighted by atomic mass is 16.7. The van der Waals surface area contributed by atoms with Crippen LogP contribution >= 0.6 is 0 Å². The van der Waals surface area contributed by atoms with Gasteiger partial charge in [0.25, 0.3) is 0 Å². The van der Waals surface area contributed by atoms with Crippen molar-refractivity contribution in [2.24, 2.45) is 17.3 Å². The highest BCUT2D eigenvalue weighted by Crippen LogP contribution is 2.59. The van der Waals surface area contributed by atoms with Crippen molar-refractivity contribution in [1.29, 1.82) is 0 Å². The largest absolute Gasteiger partial charge is 0.454 e. The van der Waals surface area contributed by atoms with Gasteiger partial charge in [-0.2, -0.15) is 0 Å². The van der Waals surface area contributed by atoms with Gasteiger partial charge in [-0.05, 0) is 79.9 Å². The normalized spacial score (nSPS) is 22.0.